The van der Waals surface area contributed by atoms with E-state index in [0.29, 0.717) is 18.7 Å². The van der Waals surface area contributed by atoms with Crippen LogP contribution in [0.1, 0.15) is 22.5 Å². The molecule has 2 rings (SSSR count). The fourth-order valence-electron chi connectivity index (χ4n) is 2.01. The summed E-state index contributed by atoms with van der Waals surface area (Å²) in [6.07, 6.45) is -0.125. The summed E-state index contributed by atoms with van der Waals surface area (Å²) in [6, 6.07) is 5.79. The summed E-state index contributed by atoms with van der Waals surface area (Å²) in [5, 5.41) is 19.9. The van der Waals surface area contributed by atoms with E-state index in [9.17, 15) is 9.90 Å². The molecule has 6 heteroatoms. The Hall–Kier alpha value is -1.92. The molecule has 0 saturated carbocycles. The molecule has 0 spiro atoms. The molecule has 0 bridgehead atoms. The number of aliphatic hydroxyl groups excluding tert-OH is 1. The third kappa shape index (κ3) is 3.34. The van der Waals surface area contributed by atoms with Gasteiger partial charge in [0.05, 0.1) is 18.2 Å². The molecule has 0 aliphatic rings. The SMILES string of the molecule is COCC(O)CCNC(=O)c1n[nH]c2ccc(C)cc12. The molecule has 0 fully saturated rings. The van der Waals surface area contributed by atoms with E-state index in [-0.39, 0.29) is 12.5 Å². The highest BCUT2D eigenvalue weighted by Gasteiger charge is 2.14. The Bertz CT molecular complexity index is 594. The fourth-order valence-corrected chi connectivity index (χ4v) is 2.01. The highest BCUT2D eigenvalue weighted by molar-refractivity contribution is 6.04. The second-order valence-corrected chi connectivity index (χ2v) is 4.77. The van der Waals surface area contributed by atoms with Gasteiger partial charge < -0.3 is 15.2 Å². The van der Waals surface area contributed by atoms with Crippen molar-refractivity contribution < 1.29 is 14.6 Å². The average molecular weight is 277 g/mol. The summed E-state index contributed by atoms with van der Waals surface area (Å²) >= 11 is 0. The van der Waals surface area contributed by atoms with E-state index in [1.807, 2.05) is 25.1 Å². The zero-order chi connectivity index (χ0) is 14.5. The molecular formula is C14H19N3O3. The van der Waals surface area contributed by atoms with E-state index < -0.39 is 6.10 Å². The summed E-state index contributed by atoms with van der Waals surface area (Å²) in [4.78, 5) is 12.1. The van der Waals surface area contributed by atoms with Crippen LogP contribution in [-0.2, 0) is 4.74 Å². The number of hydrogen-bond donors (Lipinski definition) is 3. The Labute approximate surface area is 117 Å². The van der Waals surface area contributed by atoms with Crippen LogP contribution in [0.2, 0.25) is 0 Å². The van der Waals surface area contributed by atoms with Gasteiger partial charge in [-0.2, -0.15) is 5.10 Å². The van der Waals surface area contributed by atoms with E-state index in [0.717, 1.165) is 16.5 Å². The van der Waals surface area contributed by atoms with Gasteiger partial charge in [0.1, 0.15) is 0 Å². The van der Waals surface area contributed by atoms with Crippen molar-refractivity contribution in [1.29, 1.82) is 0 Å². The molecule has 3 N–H and O–H groups in total. The van der Waals surface area contributed by atoms with Crippen molar-refractivity contribution in [3.05, 3.63) is 29.5 Å². The number of carbonyl (C=O) groups excluding carboxylic acids is 1. The lowest BCUT2D eigenvalue weighted by atomic mass is 10.1. The van der Waals surface area contributed by atoms with E-state index >= 15 is 0 Å². The summed E-state index contributed by atoms with van der Waals surface area (Å²) in [5.41, 5.74) is 2.29. The Balaban J connectivity index is 1.99. The van der Waals surface area contributed by atoms with Crippen LogP contribution in [0.15, 0.2) is 18.2 Å². The number of amides is 1. The highest BCUT2D eigenvalue weighted by atomic mass is 16.5. The van der Waals surface area contributed by atoms with Crippen LogP contribution < -0.4 is 5.32 Å². The molecule has 1 unspecified atom stereocenters. The minimum absolute atomic E-state index is 0.244. The van der Waals surface area contributed by atoms with Crippen molar-refractivity contribution in [1.82, 2.24) is 15.5 Å². The maximum absolute atomic E-state index is 12.1. The van der Waals surface area contributed by atoms with Crippen molar-refractivity contribution in [3.63, 3.8) is 0 Å². The topological polar surface area (TPSA) is 87.2 Å². The monoisotopic (exact) mass is 277 g/mol. The molecule has 20 heavy (non-hydrogen) atoms. The van der Waals surface area contributed by atoms with Gasteiger partial charge in [0, 0.05) is 19.0 Å². The van der Waals surface area contributed by atoms with Gasteiger partial charge in [-0.1, -0.05) is 11.6 Å². The van der Waals surface area contributed by atoms with E-state index in [4.69, 9.17) is 4.74 Å². The molecule has 108 valence electrons. The van der Waals surface area contributed by atoms with Crippen molar-refractivity contribution in [3.8, 4) is 0 Å². The van der Waals surface area contributed by atoms with Gasteiger partial charge in [-0.15, -0.1) is 0 Å². The molecule has 1 aromatic carbocycles. The Morgan fingerprint density at radius 3 is 3.10 bits per heavy atom. The van der Waals surface area contributed by atoms with Gasteiger partial charge in [-0.25, -0.2) is 0 Å². The molecule has 0 aliphatic heterocycles. The summed E-state index contributed by atoms with van der Waals surface area (Å²) < 4.78 is 4.82. The number of aliphatic hydroxyl groups is 1. The molecule has 0 radical (unpaired) electrons. The highest BCUT2D eigenvalue weighted by Crippen LogP contribution is 2.17. The normalized spacial score (nSPS) is 12.6. The second-order valence-electron chi connectivity index (χ2n) is 4.77. The molecular weight excluding hydrogens is 258 g/mol. The number of carbonyl (C=O) groups is 1. The maximum Gasteiger partial charge on any atom is 0.272 e. The van der Waals surface area contributed by atoms with Crippen LogP contribution in [0.25, 0.3) is 10.9 Å². The Morgan fingerprint density at radius 1 is 1.55 bits per heavy atom. The minimum atomic E-state index is -0.571. The summed E-state index contributed by atoms with van der Waals surface area (Å²) in [6.45, 7) is 2.61. The number of ether oxygens (including phenoxy) is 1. The fraction of sp³-hybridized carbons (Fsp3) is 0.429. The first-order valence-corrected chi connectivity index (χ1v) is 6.51. The minimum Gasteiger partial charge on any atom is -0.391 e. The smallest absolute Gasteiger partial charge is 0.272 e. The average Bonchev–Trinajstić information content (AvgIpc) is 2.81. The molecule has 1 amide bonds. The second kappa shape index (κ2) is 6.49. The third-order valence-electron chi connectivity index (χ3n) is 3.06. The first-order chi connectivity index (χ1) is 9.61. The molecule has 1 heterocycles. The number of fused-ring (bicyclic) bond motifs is 1. The largest absolute Gasteiger partial charge is 0.391 e. The number of nitrogens with zero attached hydrogens (tertiary/aromatic N) is 1. The first kappa shape index (κ1) is 14.5. The van der Waals surface area contributed by atoms with E-state index in [1.165, 1.54) is 7.11 Å². The number of nitrogens with one attached hydrogen (secondary N) is 2. The van der Waals surface area contributed by atoms with Crippen molar-refractivity contribution >= 4 is 16.8 Å². The number of aromatic nitrogens is 2. The summed E-state index contributed by atoms with van der Waals surface area (Å²) in [5.74, 6) is -0.244. The molecule has 6 nitrogen and oxygen atoms in total. The van der Waals surface area contributed by atoms with E-state index in [1.54, 1.807) is 0 Å². The van der Waals surface area contributed by atoms with Crippen molar-refractivity contribution in [2.24, 2.45) is 0 Å². The molecule has 0 saturated heterocycles. The standard InChI is InChI=1S/C14H19N3O3/c1-9-3-4-12-11(7-9)13(17-16-12)14(19)15-6-5-10(18)8-20-2/h3-4,7,10,18H,5-6,8H2,1-2H3,(H,15,19)(H,16,17). The van der Waals surface area contributed by atoms with Crippen LogP contribution in [0, 0.1) is 6.92 Å². The van der Waals surface area contributed by atoms with E-state index in [2.05, 4.69) is 15.5 Å². The number of aryl methyl sites for hydroxylation is 1. The van der Waals surface area contributed by atoms with Crippen molar-refractivity contribution in [2.45, 2.75) is 19.4 Å². The van der Waals surface area contributed by atoms with Gasteiger partial charge in [-0.3, -0.25) is 9.89 Å². The number of benzene rings is 1. The molecule has 1 atom stereocenters. The van der Waals surface area contributed by atoms with Crippen LogP contribution in [0.5, 0.6) is 0 Å². The zero-order valence-corrected chi connectivity index (χ0v) is 11.6. The third-order valence-corrected chi connectivity index (χ3v) is 3.06. The Morgan fingerprint density at radius 2 is 2.35 bits per heavy atom. The van der Waals surface area contributed by atoms with Crippen molar-refractivity contribution in [2.75, 3.05) is 20.3 Å². The molecule has 0 aliphatic carbocycles. The summed E-state index contributed by atoms with van der Waals surface area (Å²) in [7, 11) is 1.53. The van der Waals surface area contributed by atoms with Gasteiger partial charge >= 0.3 is 0 Å². The lowest BCUT2D eigenvalue weighted by Crippen LogP contribution is -2.28. The number of methoxy groups -OCH3 is 1. The van der Waals surface area contributed by atoms with Gasteiger partial charge in [-0.05, 0) is 25.5 Å². The molecule has 2 aromatic rings. The lowest BCUT2D eigenvalue weighted by molar-refractivity contribution is 0.0587. The number of hydrogen-bond acceptors (Lipinski definition) is 4. The lowest BCUT2D eigenvalue weighted by Gasteiger charge is -2.09. The predicted octanol–water partition coefficient (Wildman–Crippen LogP) is 0.999. The quantitative estimate of drug-likeness (QED) is 0.735. The number of H-pyrrole nitrogens is 1. The predicted molar refractivity (Wildman–Crippen MR) is 75.7 cm³/mol. The van der Waals surface area contributed by atoms with Gasteiger partial charge in [0.25, 0.3) is 5.91 Å². The maximum atomic E-state index is 12.1. The van der Waals surface area contributed by atoms with Crippen LogP contribution in [0.3, 0.4) is 0 Å². The van der Waals surface area contributed by atoms with Gasteiger partial charge in [0.15, 0.2) is 5.69 Å². The van der Waals surface area contributed by atoms with Crippen LogP contribution in [0.4, 0.5) is 0 Å². The van der Waals surface area contributed by atoms with Gasteiger partial charge in [0.2, 0.25) is 0 Å². The number of aromatic amines is 1. The Kier molecular flexibility index (Phi) is 4.70. The number of rotatable bonds is 6. The zero-order valence-electron chi connectivity index (χ0n) is 11.6. The van der Waals surface area contributed by atoms with Crippen LogP contribution >= 0.6 is 0 Å². The van der Waals surface area contributed by atoms with Crippen LogP contribution in [-0.4, -0.2) is 47.6 Å². The molecule has 1 aromatic heterocycles. The first-order valence-electron chi connectivity index (χ1n) is 6.51.